The van der Waals surface area contributed by atoms with E-state index in [9.17, 15) is 9.90 Å². The Hall–Kier alpha value is -2.10. The first-order valence-electron chi connectivity index (χ1n) is 4.97. The fourth-order valence-corrected chi connectivity index (χ4v) is 1.42. The predicted molar refractivity (Wildman–Crippen MR) is 59.4 cm³/mol. The van der Waals surface area contributed by atoms with E-state index in [1.807, 2.05) is 0 Å². The van der Waals surface area contributed by atoms with E-state index in [0.717, 1.165) is 5.39 Å². The number of carbonyl (C=O) groups excluding carboxylic acids is 1. The third-order valence-electron chi connectivity index (χ3n) is 2.16. The number of phenols is 1. The summed E-state index contributed by atoms with van der Waals surface area (Å²) < 4.78 is 4.84. The molecule has 0 radical (unpaired) electrons. The van der Waals surface area contributed by atoms with Gasteiger partial charge < -0.3 is 9.84 Å². The lowest BCUT2D eigenvalue weighted by molar-refractivity contribution is 0.0520. The minimum absolute atomic E-state index is 0.126. The van der Waals surface area contributed by atoms with Gasteiger partial charge in [0.15, 0.2) is 0 Å². The zero-order valence-electron chi connectivity index (χ0n) is 8.80. The second-order valence-corrected chi connectivity index (χ2v) is 3.29. The molecule has 0 saturated heterocycles. The van der Waals surface area contributed by atoms with E-state index < -0.39 is 5.97 Å². The maximum Gasteiger partial charge on any atom is 0.356 e. The molecule has 0 aliphatic heterocycles. The standard InChI is InChI=1S/C12H11NO3/c1-2-16-12(15)10-6-4-8-3-5-9(14)7-11(8)13-10/h3-7,14H,2H2,1H3. The van der Waals surface area contributed by atoms with Crippen LogP contribution in [0.2, 0.25) is 0 Å². The predicted octanol–water partition coefficient (Wildman–Crippen LogP) is 2.12. The number of pyridine rings is 1. The average Bonchev–Trinajstić information content (AvgIpc) is 2.28. The molecule has 1 aromatic heterocycles. The third kappa shape index (κ3) is 1.95. The van der Waals surface area contributed by atoms with E-state index >= 15 is 0 Å². The highest BCUT2D eigenvalue weighted by Gasteiger charge is 2.08. The van der Waals surface area contributed by atoms with Gasteiger partial charge in [-0.3, -0.25) is 0 Å². The van der Waals surface area contributed by atoms with Crippen LogP contribution in [0.5, 0.6) is 5.75 Å². The molecule has 0 spiro atoms. The van der Waals surface area contributed by atoms with Crippen LogP contribution in [-0.2, 0) is 4.74 Å². The van der Waals surface area contributed by atoms with Crippen LogP contribution in [0.25, 0.3) is 10.9 Å². The fraction of sp³-hybridized carbons (Fsp3) is 0.167. The molecule has 0 unspecified atom stereocenters. The van der Waals surface area contributed by atoms with Crippen LogP contribution in [0.4, 0.5) is 0 Å². The van der Waals surface area contributed by atoms with Gasteiger partial charge in [0.25, 0.3) is 0 Å². The van der Waals surface area contributed by atoms with Crippen LogP contribution in [0, 0.1) is 0 Å². The number of phenolic OH excluding ortho intramolecular Hbond substituents is 1. The molecule has 16 heavy (non-hydrogen) atoms. The van der Waals surface area contributed by atoms with Gasteiger partial charge in [-0.15, -0.1) is 0 Å². The number of carbonyl (C=O) groups is 1. The van der Waals surface area contributed by atoms with E-state index in [1.165, 1.54) is 6.07 Å². The van der Waals surface area contributed by atoms with Crippen molar-refractivity contribution in [1.82, 2.24) is 4.98 Å². The largest absolute Gasteiger partial charge is 0.508 e. The first-order valence-corrected chi connectivity index (χ1v) is 4.97. The lowest BCUT2D eigenvalue weighted by Crippen LogP contribution is -2.06. The van der Waals surface area contributed by atoms with E-state index in [4.69, 9.17) is 4.74 Å². The van der Waals surface area contributed by atoms with Crippen molar-refractivity contribution in [2.45, 2.75) is 6.92 Å². The maximum atomic E-state index is 11.4. The topological polar surface area (TPSA) is 59.4 Å². The molecule has 1 aromatic carbocycles. The molecule has 0 aliphatic rings. The average molecular weight is 217 g/mol. The molecule has 4 nitrogen and oxygen atoms in total. The van der Waals surface area contributed by atoms with Gasteiger partial charge in [0.2, 0.25) is 0 Å². The Morgan fingerprint density at radius 1 is 1.38 bits per heavy atom. The Bertz CT molecular complexity index is 537. The molecule has 0 aliphatic carbocycles. The van der Waals surface area contributed by atoms with Crippen molar-refractivity contribution in [3.05, 3.63) is 36.0 Å². The van der Waals surface area contributed by atoms with Crippen LogP contribution >= 0.6 is 0 Å². The van der Waals surface area contributed by atoms with Gasteiger partial charge in [-0.25, -0.2) is 9.78 Å². The molecule has 0 bridgehead atoms. The summed E-state index contributed by atoms with van der Waals surface area (Å²) in [5.74, 6) is -0.325. The number of hydrogen-bond donors (Lipinski definition) is 1. The summed E-state index contributed by atoms with van der Waals surface area (Å²) in [6.07, 6.45) is 0. The normalized spacial score (nSPS) is 10.3. The van der Waals surface area contributed by atoms with Gasteiger partial charge in [-0.05, 0) is 25.1 Å². The van der Waals surface area contributed by atoms with Gasteiger partial charge in [0.1, 0.15) is 11.4 Å². The van der Waals surface area contributed by atoms with Crippen molar-refractivity contribution < 1.29 is 14.6 Å². The Kier molecular flexibility index (Phi) is 2.72. The van der Waals surface area contributed by atoms with Crippen LogP contribution in [-0.4, -0.2) is 22.7 Å². The van der Waals surface area contributed by atoms with Gasteiger partial charge in [-0.1, -0.05) is 6.07 Å². The van der Waals surface area contributed by atoms with Crippen molar-refractivity contribution in [3.63, 3.8) is 0 Å². The van der Waals surface area contributed by atoms with Gasteiger partial charge in [0.05, 0.1) is 12.1 Å². The summed E-state index contributed by atoms with van der Waals surface area (Å²) in [5, 5.41) is 10.2. The molecular formula is C12H11NO3. The quantitative estimate of drug-likeness (QED) is 0.783. The first-order chi connectivity index (χ1) is 7.70. The Morgan fingerprint density at radius 2 is 2.12 bits per heavy atom. The minimum atomic E-state index is -0.451. The third-order valence-corrected chi connectivity index (χ3v) is 2.16. The lowest BCUT2D eigenvalue weighted by atomic mass is 10.2. The highest BCUT2D eigenvalue weighted by atomic mass is 16.5. The van der Waals surface area contributed by atoms with Crippen LogP contribution < -0.4 is 0 Å². The zero-order chi connectivity index (χ0) is 11.5. The number of esters is 1. The van der Waals surface area contributed by atoms with E-state index in [2.05, 4.69) is 4.98 Å². The molecule has 0 atom stereocenters. The van der Waals surface area contributed by atoms with Crippen LogP contribution in [0.3, 0.4) is 0 Å². The van der Waals surface area contributed by atoms with Crippen molar-refractivity contribution in [3.8, 4) is 5.75 Å². The Morgan fingerprint density at radius 3 is 2.88 bits per heavy atom. The second kappa shape index (κ2) is 4.18. The highest BCUT2D eigenvalue weighted by Crippen LogP contribution is 2.18. The van der Waals surface area contributed by atoms with Gasteiger partial charge >= 0.3 is 5.97 Å². The number of fused-ring (bicyclic) bond motifs is 1. The smallest absolute Gasteiger partial charge is 0.356 e. The van der Waals surface area contributed by atoms with E-state index in [-0.39, 0.29) is 11.4 Å². The number of rotatable bonds is 2. The highest BCUT2D eigenvalue weighted by molar-refractivity contribution is 5.91. The van der Waals surface area contributed by atoms with Gasteiger partial charge in [-0.2, -0.15) is 0 Å². The maximum absolute atomic E-state index is 11.4. The van der Waals surface area contributed by atoms with Crippen LogP contribution in [0.1, 0.15) is 17.4 Å². The Labute approximate surface area is 92.5 Å². The Balaban J connectivity index is 2.46. The molecule has 0 amide bonds. The van der Waals surface area contributed by atoms with Crippen LogP contribution in [0.15, 0.2) is 30.3 Å². The molecule has 2 aromatic rings. The monoisotopic (exact) mass is 217 g/mol. The molecule has 82 valence electrons. The lowest BCUT2D eigenvalue weighted by Gasteiger charge is -2.03. The summed E-state index contributed by atoms with van der Waals surface area (Å²) >= 11 is 0. The number of aromatic nitrogens is 1. The molecule has 0 fully saturated rings. The first kappa shape index (κ1) is 10.4. The van der Waals surface area contributed by atoms with Gasteiger partial charge in [0, 0.05) is 11.5 Å². The number of aromatic hydroxyl groups is 1. The number of ether oxygens (including phenoxy) is 1. The second-order valence-electron chi connectivity index (χ2n) is 3.29. The van der Waals surface area contributed by atoms with Crippen molar-refractivity contribution in [2.24, 2.45) is 0 Å². The molecule has 0 saturated carbocycles. The summed E-state index contributed by atoms with van der Waals surface area (Å²) in [5.41, 5.74) is 0.825. The summed E-state index contributed by atoms with van der Waals surface area (Å²) in [6.45, 7) is 2.06. The SMILES string of the molecule is CCOC(=O)c1ccc2ccc(O)cc2n1. The van der Waals surface area contributed by atoms with Crippen molar-refractivity contribution in [1.29, 1.82) is 0 Å². The van der Waals surface area contributed by atoms with E-state index in [0.29, 0.717) is 12.1 Å². The van der Waals surface area contributed by atoms with Crippen molar-refractivity contribution in [2.75, 3.05) is 6.61 Å². The molecule has 2 rings (SSSR count). The van der Waals surface area contributed by atoms with E-state index in [1.54, 1.807) is 31.2 Å². The number of hydrogen-bond acceptors (Lipinski definition) is 4. The zero-order valence-corrected chi connectivity index (χ0v) is 8.80. The molecule has 4 heteroatoms. The molecular weight excluding hydrogens is 206 g/mol. The summed E-state index contributed by atoms with van der Waals surface area (Å²) in [6, 6.07) is 8.21. The summed E-state index contributed by atoms with van der Waals surface area (Å²) in [4.78, 5) is 15.5. The molecule has 1 N–H and O–H groups in total. The fourth-order valence-electron chi connectivity index (χ4n) is 1.42. The van der Waals surface area contributed by atoms with Crippen molar-refractivity contribution >= 4 is 16.9 Å². The number of nitrogens with zero attached hydrogens (tertiary/aromatic N) is 1. The number of benzene rings is 1. The molecule has 1 heterocycles. The summed E-state index contributed by atoms with van der Waals surface area (Å²) in [7, 11) is 0. The minimum Gasteiger partial charge on any atom is -0.508 e.